The Kier molecular flexibility index (Phi) is 4.07. The minimum Gasteiger partial charge on any atom is -0.360 e. The molecule has 4 heteroatoms. The average Bonchev–Trinajstić information content (AvgIpc) is 3.39. The quantitative estimate of drug-likeness (QED) is 0.515. The maximum Gasteiger partial charge on any atom is 0.0871 e. The first kappa shape index (κ1) is 16.3. The maximum atomic E-state index is 4.78. The fourth-order valence-corrected chi connectivity index (χ4v) is 3.39. The molecule has 0 unspecified atom stereocenters. The molecule has 0 bridgehead atoms. The van der Waals surface area contributed by atoms with Crippen LogP contribution in [0.25, 0.3) is 34.3 Å². The van der Waals surface area contributed by atoms with Gasteiger partial charge in [-0.1, -0.05) is 36.4 Å². The number of aromatic amines is 2. The summed E-state index contributed by atoms with van der Waals surface area (Å²) in [6.45, 7) is 0. The van der Waals surface area contributed by atoms with E-state index >= 15 is 0 Å². The lowest BCUT2D eigenvalue weighted by Crippen LogP contribution is -2.10. The van der Waals surface area contributed by atoms with Crippen LogP contribution in [0.4, 0.5) is 0 Å². The lowest BCUT2D eigenvalue weighted by molar-refractivity contribution is 1.23. The van der Waals surface area contributed by atoms with Crippen LogP contribution in [0.5, 0.6) is 0 Å². The Balaban J connectivity index is 1.68. The van der Waals surface area contributed by atoms with Crippen molar-refractivity contribution >= 4 is 22.9 Å². The lowest BCUT2D eigenvalue weighted by atomic mass is 10.1. The first-order valence-corrected chi connectivity index (χ1v) is 9.19. The maximum absolute atomic E-state index is 4.78. The van der Waals surface area contributed by atoms with Crippen LogP contribution in [0.3, 0.4) is 0 Å². The van der Waals surface area contributed by atoms with Crippen LogP contribution in [0.1, 0.15) is 11.4 Å². The molecular weight excluding hydrogens is 344 g/mol. The number of nitrogens with one attached hydrogen (secondary N) is 2. The number of pyridine rings is 2. The second kappa shape index (κ2) is 7.00. The average molecular weight is 362 g/mol. The van der Waals surface area contributed by atoms with E-state index in [1.54, 1.807) is 6.20 Å². The Labute approximate surface area is 161 Å². The summed E-state index contributed by atoms with van der Waals surface area (Å²) in [6.07, 6.45) is 7.87. The molecule has 0 aliphatic heterocycles. The summed E-state index contributed by atoms with van der Waals surface area (Å²) < 4.78 is 0. The van der Waals surface area contributed by atoms with Gasteiger partial charge in [-0.2, -0.15) is 0 Å². The van der Waals surface area contributed by atoms with Gasteiger partial charge in [-0.3, -0.25) is 4.98 Å². The molecule has 4 nitrogen and oxygen atoms in total. The van der Waals surface area contributed by atoms with Crippen molar-refractivity contribution in [3.63, 3.8) is 0 Å². The summed E-state index contributed by atoms with van der Waals surface area (Å²) in [4.78, 5) is 15.9. The van der Waals surface area contributed by atoms with E-state index in [-0.39, 0.29) is 0 Å². The van der Waals surface area contributed by atoms with Gasteiger partial charge in [-0.15, -0.1) is 0 Å². The Morgan fingerprint density at radius 2 is 1.43 bits per heavy atom. The van der Waals surface area contributed by atoms with Crippen molar-refractivity contribution in [2.75, 3.05) is 0 Å². The minimum atomic E-state index is 0.906. The van der Waals surface area contributed by atoms with Gasteiger partial charge in [-0.05, 0) is 48.6 Å². The van der Waals surface area contributed by atoms with Crippen LogP contribution in [0, 0.1) is 0 Å². The summed E-state index contributed by atoms with van der Waals surface area (Å²) in [7, 11) is 0. The Hall–Kier alpha value is -3.92. The van der Waals surface area contributed by atoms with Gasteiger partial charge in [-0.25, -0.2) is 4.98 Å². The minimum absolute atomic E-state index is 0.906. The van der Waals surface area contributed by atoms with Crippen LogP contribution >= 0.6 is 0 Å². The number of benzene rings is 1. The topological polar surface area (TPSA) is 57.4 Å². The van der Waals surface area contributed by atoms with Gasteiger partial charge in [0.1, 0.15) is 0 Å². The molecule has 0 spiro atoms. The molecule has 0 saturated heterocycles. The zero-order valence-electron chi connectivity index (χ0n) is 15.1. The third kappa shape index (κ3) is 3.12. The number of aromatic nitrogens is 4. The van der Waals surface area contributed by atoms with E-state index in [1.165, 1.54) is 5.39 Å². The molecule has 0 saturated carbocycles. The van der Waals surface area contributed by atoms with E-state index in [0.29, 0.717) is 0 Å². The zero-order chi connectivity index (χ0) is 18.8. The van der Waals surface area contributed by atoms with Crippen LogP contribution in [0.2, 0.25) is 0 Å². The standard InChI is InChI=1S/C24H18N4/c1-2-10-20-19(9-1)23(15-17-7-3-4-13-25-17)28-24(20)16-18-8-5-11-22(27-18)21-12-6-14-26-21/h1-16,26,28H/b23-15-,24-16-. The molecule has 5 aromatic rings. The molecule has 2 N–H and O–H groups in total. The van der Waals surface area contributed by atoms with Gasteiger partial charge >= 0.3 is 0 Å². The molecule has 0 aliphatic carbocycles. The van der Waals surface area contributed by atoms with Crippen molar-refractivity contribution in [3.05, 3.63) is 107 Å². The van der Waals surface area contributed by atoms with Gasteiger partial charge in [0.2, 0.25) is 0 Å². The molecule has 4 heterocycles. The number of H-pyrrole nitrogens is 2. The van der Waals surface area contributed by atoms with Gasteiger partial charge in [0, 0.05) is 33.9 Å². The molecule has 28 heavy (non-hydrogen) atoms. The van der Waals surface area contributed by atoms with Crippen LogP contribution in [-0.2, 0) is 0 Å². The van der Waals surface area contributed by atoms with Crippen LogP contribution in [-0.4, -0.2) is 19.9 Å². The SMILES string of the molecule is C(/c1ccccn1)=c1/[nH]/c(=C\c2cccc(-c3ccc[nH]3)n2)c2ccccc12. The Bertz CT molecular complexity index is 1350. The van der Waals surface area contributed by atoms with E-state index in [0.717, 1.165) is 38.9 Å². The zero-order valence-corrected chi connectivity index (χ0v) is 15.1. The van der Waals surface area contributed by atoms with Gasteiger partial charge in [0.15, 0.2) is 0 Å². The number of hydrogen-bond acceptors (Lipinski definition) is 2. The molecule has 0 aliphatic rings. The highest BCUT2D eigenvalue weighted by Gasteiger charge is 2.03. The molecule has 0 radical (unpaired) electrons. The number of hydrogen-bond donors (Lipinski definition) is 2. The predicted octanol–water partition coefficient (Wildman–Crippen LogP) is 3.61. The Morgan fingerprint density at radius 1 is 0.679 bits per heavy atom. The number of rotatable bonds is 3. The first-order valence-electron chi connectivity index (χ1n) is 9.19. The van der Waals surface area contributed by atoms with Crippen molar-refractivity contribution in [2.24, 2.45) is 0 Å². The molecule has 0 fully saturated rings. The van der Waals surface area contributed by atoms with E-state index in [2.05, 4.69) is 51.4 Å². The normalized spacial score (nSPS) is 12.7. The third-order valence-electron chi connectivity index (χ3n) is 4.69. The van der Waals surface area contributed by atoms with E-state index in [9.17, 15) is 0 Å². The van der Waals surface area contributed by atoms with E-state index in [4.69, 9.17) is 4.98 Å². The van der Waals surface area contributed by atoms with E-state index in [1.807, 2.05) is 54.7 Å². The van der Waals surface area contributed by atoms with Crippen molar-refractivity contribution < 1.29 is 0 Å². The Morgan fingerprint density at radius 3 is 2.14 bits per heavy atom. The van der Waals surface area contributed by atoms with Crippen molar-refractivity contribution in [1.82, 2.24) is 19.9 Å². The predicted molar refractivity (Wildman–Crippen MR) is 113 cm³/mol. The highest BCUT2D eigenvalue weighted by atomic mass is 14.8. The lowest BCUT2D eigenvalue weighted by Gasteiger charge is -1.99. The molecule has 5 rings (SSSR count). The van der Waals surface area contributed by atoms with Crippen molar-refractivity contribution in [2.45, 2.75) is 0 Å². The largest absolute Gasteiger partial charge is 0.360 e. The van der Waals surface area contributed by atoms with Crippen molar-refractivity contribution in [1.29, 1.82) is 0 Å². The second-order valence-corrected chi connectivity index (χ2v) is 6.57. The van der Waals surface area contributed by atoms with Crippen LogP contribution in [0.15, 0.2) is 85.2 Å². The number of fused-ring (bicyclic) bond motifs is 1. The summed E-state index contributed by atoms with van der Waals surface area (Å²) in [5.41, 5.74) is 3.77. The van der Waals surface area contributed by atoms with Crippen molar-refractivity contribution in [3.8, 4) is 11.4 Å². The highest BCUT2D eigenvalue weighted by molar-refractivity contribution is 5.85. The summed E-state index contributed by atoms with van der Waals surface area (Å²) in [5.74, 6) is 0. The molecule has 0 amide bonds. The molecule has 4 aromatic heterocycles. The fourth-order valence-electron chi connectivity index (χ4n) is 3.39. The van der Waals surface area contributed by atoms with Gasteiger partial charge < -0.3 is 9.97 Å². The van der Waals surface area contributed by atoms with E-state index < -0.39 is 0 Å². The summed E-state index contributed by atoms with van der Waals surface area (Å²) in [6, 6.07) is 24.3. The first-order chi connectivity index (χ1) is 13.9. The summed E-state index contributed by atoms with van der Waals surface area (Å²) in [5, 5.41) is 4.41. The molecular formula is C24H18N4. The highest BCUT2D eigenvalue weighted by Crippen LogP contribution is 2.15. The second-order valence-electron chi connectivity index (χ2n) is 6.57. The smallest absolute Gasteiger partial charge is 0.0871 e. The fraction of sp³-hybridized carbons (Fsp3) is 0. The van der Waals surface area contributed by atoms with Gasteiger partial charge in [0.05, 0.1) is 22.8 Å². The summed E-state index contributed by atoms with van der Waals surface area (Å²) >= 11 is 0. The molecule has 134 valence electrons. The number of nitrogens with zero attached hydrogens (tertiary/aromatic N) is 2. The molecule has 0 atom stereocenters. The van der Waals surface area contributed by atoms with Crippen LogP contribution < -0.4 is 10.7 Å². The van der Waals surface area contributed by atoms with Gasteiger partial charge in [0.25, 0.3) is 0 Å². The molecule has 1 aromatic carbocycles. The monoisotopic (exact) mass is 362 g/mol. The third-order valence-corrected chi connectivity index (χ3v) is 4.69.